The normalized spacial score (nSPS) is 10.2. The Balaban J connectivity index is 2.56. The van der Waals surface area contributed by atoms with E-state index in [9.17, 15) is 10.1 Å². The molecule has 0 fully saturated rings. The summed E-state index contributed by atoms with van der Waals surface area (Å²) in [6, 6.07) is 12.0. The highest BCUT2D eigenvalue weighted by Gasteiger charge is 2.09. The molecule has 0 atom stereocenters. The summed E-state index contributed by atoms with van der Waals surface area (Å²) in [6.07, 6.45) is 0. The summed E-state index contributed by atoms with van der Waals surface area (Å²) in [7, 11) is 0. The molecule has 0 spiro atoms. The third kappa shape index (κ3) is 2.76. The Hall–Kier alpha value is -1.14. The van der Waals surface area contributed by atoms with Crippen LogP contribution in [0.4, 0.5) is 5.69 Å². The summed E-state index contributed by atoms with van der Waals surface area (Å²) < 4.78 is 1.01. The second kappa shape index (κ2) is 5.01. The van der Waals surface area contributed by atoms with Crippen LogP contribution in [0.1, 0.15) is 0 Å². The van der Waals surface area contributed by atoms with Gasteiger partial charge in [0.05, 0.1) is 4.92 Å². The molecule has 5 heteroatoms. The van der Waals surface area contributed by atoms with Gasteiger partial charge in [0.25, 0.3) is 5.69 Å². The van der Waals surface area contributed by atoms with Gasteiger partial charge in [-0.05, 0) is 51.9 Å². The molecule has 0 amide bonds. The fourth-order valence-corrected chi connectivity index (χ4v) is 2.32. The molecule has 0 saturated heterocycles. The van der Waals surface area contributed by atoms with Crippen LogP contribution in [0.5, 0.6) is 0 Å². The summed E-state index contributed by atoms with van der Waals surface area (Å²) in [4.78, 5) is 10.3. The summed E-state index contributed by atoms with van der Waals surface area (Å²) in [5.74, 6) is 0. The lowest BCUT2D eigenvalue weighted by atomic mass is 10.1. The number of rotatable bonds is 2. The third-order valence-electron chi connectivity index (χ3n) is 2.30. The van der Waals surface area contributed by atoms with E-state index in [0.29, 0.717) is 5.02 Å². The van der Waals surface area contributed by atoms with Crippen molar-refractivity contribution in [3.63, 3.8) is 0 Å². The van der Waals surface area contributed by atoms with Crippen LogP contribution in [0.2, 0.25) is 5.02 Å². The zero-order valence-electron chi connectivity index (χ0n) is 8.56. The number of nitro groups is 1. The first-order valence-corrected chi connectivity index (χ1v) is 6.23. The van der Waals surface area contributed by atoms with Gasteiger partial charge in [0.1, 0.15) is 0 Å². The van der Waals surface area contributed by atoms with Gasteiger partial charge in [0.15, 0.2) is 0 Å². The molecule has 0 aliphatic rings. The molecular formula is C12H7ClINO2. The van der Waals surface area contributed by atoms with Gasteiger partial charge in [-0.3, -0.25) is 10.1 Å². The van der Waals surface area contributed by atoms with Crippen molar-refractivity contribution in [1.82, 2.24) is 0 Å². The van der Waals surface area contributed by atoms with E-state index in [-0.39, 0.29) is 5.69 Å². The van der Waals surface area contributed by atoms with E-state index in [1.807, 2.05) is 18.2 Å². The Labute approximate surface area is 117 Å². The largest absolute Gasteiger partial charge is 0.270 e. The van der Waals surface area contributed by atoms with Crippen molar-refractivity contribution in [3.8, 4) is 11.1 Å². The molecule has 2 aromatic carbocycles. The fourth-order valence-electron chi connectivity index (χ4n) is 1.51. The first-order chi connectivity index (χ1) is 8.08. The van der Waals surface area contributed by atoms with E-state index in [4.69, 9.17) is 11.6 Å². The molecule has 0 aromatic heterocycles. The molecule has 0 saturated carbocycles. The van der Waals surface area contributed by atoms with Gasteiger partial charge in [-0.1, -0.05) is 23.7 Å². The molecule has 2 rings (SSSR count). The van der Waals surface area contributed by atoms with Gasteiger partial charge in [-0.25, -0.2) is 0 Å². The van der Waals surface area contributed by atoms with Gasteiger partial charge in [-0.2, -0.15) is 0 Å². The molecule has 3 nitrogen and oxygen atoms in total. The van der Waals surface area contributed by atoms with Crippen molar-refractivity contribution in [3.05, 3.63) is 61.2 Å². The molecular weight excluding hydrogens is 352 g/mol. The third-order valence-corrected chi connectivity index (χ3v) is 3.47. The number of halogens is 2. The smallest absolute Gasteiger partial charge is 0.258 e. The van der Waals surface area contributed by atoms with Crippen LogP contribution in [0, 0.1) is 13.7 Å². The van der Waals surface area contributed by atoms with Crippen molar-refractivity contribution in [2.75, 3.05) is 0 Å². The van der Waals surface area contributed by atoms with Gasteiger partial charge in [0.2, 0.25) is 0 Å². The minimum atomic E-state index is -0.402. The fraction of sp³-hybridized carbons (Fsp3) is 0. The molecule has 0 heterocycles. The van der Waals surface area contributed by atoms with Crippen LogP contribution >= 0.6 is 34.2 Å². The predicted molar refractivity (Wildman–Crippen MR) is 76.3 cm³/mol. The van der Waals surface area contributed by atoms with E-state index in [0.717, 1.165) is 14.7 Å². The number of hydrogen-bond donors (Lipinski definition) is 0. The standard InChI is InChI=1S/C12H7ClINO2/c13-9-4-5-12(14)11(7-9)8-2-1-3-10(6-8)15(16)17/h1-7H. The Morgan fingerprint density at radius 3 is 2.65 bits per heavy atom. The summed E-state index contributed by atoms with van der Waals surface area (Å²) in [5.41, 5.74) is 1.78. The number of hydrogen-bond acceptors (Lipinski definition) is 2. The highest BCUT2D eigenvalue weighted by Crippen LogP contribution is 2.30. The van der Waals surface area contributed by atoms with Crippen molar-refractivity contribution < 1.29 is 4.92 Å². The van der Waals surface area contributed by atoms with E-state index in [1.54, 1.807) is 18.2 Å². The maximum Gasteiger partial charge on any atom is 0.270 e. The Morgan fingerprint density at radius 1 is 1.18 bits per heavy atom. The Bertz CT molecular complexity index is 586. The minimum Gasteiger partial charge on any atom is -0.258 e. The molecule has 0 radical (unpaired) electrons. The van der Waals surface area contributed by atoms with Crippen molar-refractivity contribution in [2.45, 2.75) is 0 Å². The molecule has 86 valence electrons. The Morgan fingerprint density at radius 2 is 1.94 bits per heavy atom. The zero-order valence-corrected chi connectivity index (χ0v) is 11.5. The lowest BCUT2D eigenvalue weighted by Crippen LogP contribution is -1.89. The molecule has 0 aliphatic carbocycles. The summed E-state index contributed by atoms with van der Waals surface area (Å²) >= 11 is 8.11. The number of nitrogens with zero attached hydrogens (tertiary/aromatic N) is 1. The predicted octanol–water partition coefficient (Wildman–Crippen LogP) is 4.52. The molecule has 2 aromatic rings. The number of nitro benzene ring substituents is 1. The van der Waals surface area contributed by atoms with Gasteiger partial charge < -0.3 is 0 Å². The molecule has 0 bridgehead atoms. The maximum atomic E-state index is 10.7. The highest BCUT2D eigenvalue weighted by molar-refractivity contribution is 14.1. The molecule has 0 unspecified atom stereocenters. The second-order valence-electron chi connectivity index (χ2n) is 3.43. The Kier molecular flexibility index (Phi) is 3.63. The van der Waals surface area contributed by atoms with Crippen LogP contribution in [0.3, 0.4) is 0 Å². The summed E-state index contributed by atoms with van der Waals surface area (Å²) in [5, 5.41) is 11.3. The van der Waals surface area contributed by atoms with Crippen molar-refractivity contribution in [1.29, 1.82) is 0 Å². The topological polar surface area (TPSA) is 43.1 Å². The average molecular weight is 360 g/mol. The van der Waals surface area contributed by atoms with Crippen LogP contribution < -0.4 is 0 Å². The van der Waals surface area contributed by atoms with Crippen molar-refractivity contribution in [2.24, 2.45) is 0 Å². The monoisotopic (exact) mass is 359 g/mol. The average Bonchev–Trinajstić information content (AvgIpc) is 2.32. The van der Waals surface area contributed by atoms with Crippen LogP contribution in [0.15, 0.2) is 42.5 Å². The first-order valence-electron chi connectivity index (χ1n) is 4.78. The quantitative estimate of drug-likeness (QED) is 0.449. The van der Waals surface area contributed by atoms with Crippen LogP contribution in [-0.4, -0.2) is 4.92 Å². The van der Waals surface area contributed by atoms with Gasteiger partial charge >= 0.3 is 0 Å². The summed E-state index contributed by atoms with van der Waals surface area (Å²) in [6.45, 7) is 0. The maximum absolute atomic E-state index is 10.7. The van der Waals surface area contributed by atoms with Crippen molar-refractivity contribution >= 4 is 39.9 Å². The first kappa shape index (κ1) is 12.3. The molecule has 0 N–H and O–H groups in total. The van der Waals surface area contributed by atoms with Gasteiger partial charge in [0, 0.05) is 20.7 Å². The van der Waals surface area contributed by atoms with E-state index >= 15 is 0 Å². The van der Waals surface area contributed by atoms with Gasteiger partial charge in [-0.15, -0.1) is 0 Å². The zero-order chi connectivity index (χ0) is 12.4. The molecule has 17 heavy (non-hydrogen) atoms. The van der Waals surface area contributed by atoms with Crippen LogP contribution in [-0.2, 0) is 0 Å². The highest BCUT2D eigenvalue weighted by atomic mass is 127. The van der Waals surface area contributed by atoms with E-state index in [2.05, 4.69) is 22.6 Å². The second-order valence-corrected chi connectivity index (χ2v) is 5.03. The van der Waals surface area contributed by atoms with E-state index in [1.165, 1.54) is 6.07 Å². The number of non-ortho nitro benzene ring substituents is 1. The van der Waals surface area contributed by atoms with Crippen LogP contribution in [0.25, 0.3) is 11.1 Å². The minimum absolute atomic E-state index is 0.0817. The SMILES string of the molecule is O=[N+]([O-])c1cccc(-c2cc(Cl)ccc2I)c1. The molecule has 0 aliphatic heterocycles. The lowest BCUT2D eigenvalue weighted by Gasteiger charge is -2.05. The lowest BCUT2D eigenvalue weighted by molar-refractivity contribution is -0.384. The number of benzene rings is 2. The van der Waals surface area contributed by atoms with E-state index < -0.39 is 4.92 Å².